The third kappa shape index (κ3) is 2.34. The van der Waals surface area contributed by atoms with Gasteiger partial charge in [-0.05, 0) is 26.0 Å². The summed E-state index contributed by atoms with van der Waals surface area (Å²) >= 11 is 0. The molecule has 23 heavy (non-hydrogen) atoms. The number of carboxylic acid groups (broad SMARTS) is 1. The van der Waals surface area contributed by atoms with E-state index < -0.39 is 6.09 Å². The summed E-state index contributed by atoms with van der Waals surface area (Å²) in [4.78, 5) is 24.8. The Hall–Kier alpha value is -2.83. The number of hydrogen-bond donors (Lipinski definition) is 1. The minimum absolute atomic E-state index is 0.0962. The lowest BCUT2D eigenvalue weighted by atomic mass is 9.94. The van der Waals surface area contributed by atoms with E-state index in [-0.39, 0.29) is 18.7 Å². The number of ether oxygens (including phenoxy) is 1. The van der Waals surface area contributed by atoms with Crippen LogP contribution in [0.25, 0.3) is 11.1 Å². The van der Waals surface area contributed by atoms with Gasteiger partial charge < -0.3 is 14.4 Å². The van der Waals surface area contributed by atoms with Crippen molar-refractivity contribution in [1.29, 1.82) is 0 Å². The van der Waals surface area contributed by atoms with Crippen molar-refractivity contribution in [2.45, 2.75) is 20.3 Å². The first-order valence-electron chi connectivity index (χ1n) is 7.13. The number of anilines is 1. The summed E-state index contributed by atoms with van der Waals surface area (Å²) in [5.41, 5.74) is 2.79. The molecule has 0 fully saturated rings. The molecule has 2 aromatic rings. The number of hydrogen-bond acceptors (Lipinski definition) is 5. The SMILES string of the molecule is COc1cc2c(cc1-c1c(C)noc1C)N(C(=O)O)CCC2=O. The molecule has 0 saturated heterocycles. The Kier molecular flexibility index (Phi) is 3.55. The van der Waals surface area contributed by atoms with E-state index in [9.17, 15) is 14.7 Å². The average Bonchev–Trinajstić information content (AvgIpc) is 2.85. The highest BCUT2D eigenvalue weighted by Crippen LogP contribution is 2.41. The van der Waals surface area contributed by atoms with Gasteiger partial charge in [0, 0.05) is 24.1 Å². The van der Waals surface area contributed by atoms with Crippen LogP contribution in [0.4, 0.5) is 10.5 Å². The molecule has 7 nitrogen and oxygen atoms in total. The summed E-state index contributed by atoms with van der Waals surface area (Å²) in [5, 5.41) is 13.3. The van der Waals surface area contributed by atoms with Crippen molar-refractivity contribution >= 4 is 17.6 Å². The van der Waals surface area contributed by atoms with Crippen molar-refractivity contribution in [1.82, 2.24) is 5.16 Å². The Morgan fingerprint density at radius 1 is 1.35 bits per heavy atom. The predicted molar refractivity (Wildman–Crippen MR) is 82.3 cm³/mol. The number of nitrogens with zero attached hydrogens (tertiary/aromatic N) is 2. The molecule has 120 valence electrons. The van der Waals surface area contributed by atoms with Gasteiger partial charge in [0.25, 0.3) is 0 Å². The zero-order valence-corrected chi connectivity index (χ0v) is 13.0. The lowest BCUT2D eigenvalue weighted by Crippen LogP contribution is -2.36. The molecule has 1 aromatic heterocycles. The van der Waals surface area contributed by atoms with Crippen molar-refractivity contribution < 1.29 is 24.0 Å². The first-order valence-corrected chi connectivity index (χ1v) is 7.13. The van der Waals surface area contributed by atoms with Gasteiger partial charge in [0.15, 0.2) is 5.78 Å². The maximum absolute atomic E-state index is 12.1. The number of benzene rings is 1. The van der Waals surface area contributed by atoms with Crippen LogP contribution in [0.5, 0.6) is 5.75 Å². The van der Waals surface area contributed by atoms with Gasteiger partial charge in [-0.2, -0.15) is 0 Å². The fraction of sp³-hybridized carbons (Fsp3) is 0.312. The molecule has 0 aliphatic carbocycles. The maximum atomic E-state index is 12.1. The zero-order chi connectivity index (χ0) is 16.7. The number of methoxy groups -OCH3 is 1. The number of aryl methyl sites for hydroxylation is 2. The van der Waals surface area contributed by atoms with E-state index in [1.165, 1.54) is 12.0 Å². The summed E-state index contributed by atoms with van der Waals surface area (Å²) in [6, 6.07) is 3.25. The Morgan fingerprint density at radius 3 is 2.65 bits per heavy atom. The molecule has 2 heterocycles. The molecule has 0 bridgehead atoms. The van der Waals surface area contributed by atoms with Crippen LogP contribution in [0, 0.1) is 13.8 Å². The third-order valence-corrected chi connectivity index (χ3v) is 4.01. The average molecular weight is 316 g/mol. The Bertz CT molecular complexity index is 790. The van der Waals surface area contributed by atoms with E-state index in [0.29, 0.717) is 34.0 Å². The van der Waals surface area contributed by atoms with E-state index in [4.69, 9.17) is 9.26 Å². The van der Waals surface area contributed by atoms with Gasteiger partial charge in [0.1, 0.15) is 11.5 Å². The van der Waals surface area contributed by atoms with Crippen molar-refractivity contribution in [3.63, 3.8) is 0 Å². The summed E-state index contributed by atoms with van der Waals surface area (Å²) in [6.07, 6.45) is -0.929. The highest BCUT2D eigenvalue weighted by molar-refractivity contribution is 6.08. The molecule has 0 atom stereocenters. The number of rotatable bonds is 2. The van der Waals surface area contributed by atoms with Crippen molar-refractivity contribution in [3.8, 4) is 16.9 Å². The molecule has 0 spiro atoms. The van der Waals surface area contributed by atoms with Gasteiger partial charge >= 0.3 is 6.09 Å². The topological polar surface area (TPSA) is 92.9 Å². The standard InChI is InChI=1S/C16H16N2O5/c1-8-15(9(2)23-17-8)11-6-12-10(7-14(11)22-3)13(19)4-5-18(12)16(20)21/h6-7H,4-5H2,1-3H3,(H,20,21). The van der Waals surface area contributed by atoms with Gasteiger partial charge in [-0.25, -0.2) is 4.79 Å². The van der Waals surface area contributed by atoms with Crippen LogP contribution >= 0.6 is 0 Å². The van der Waals surface area contributed by atoms with Crippen LogP contribution in [-0.2, 0) is 0 Å². The molecule has 0 radical (unpaired) electrons. The number of aromatic nitrogens is 1. The summed E-state index contributed by atoms with van der Waals surface area (Å²) in [7, 11) is 1.51. The van der Waals surface area contributed by atoms with E-state index >= 15 is 0 Å². The molecule has 1 aliphatic rings. The second kappa shape index (κ2) is 5.42. The number of carbonyl (C=O) groups excluding carboxylic acids is 1. The normalized spacial score (nSPS) is 13.9. The molecule has 0 saturated carbocycles. The minimum Gasteiger partial charge on any atom is -0.496 e. The highest BCUT2D eigenvalue weighted by atomic mass is 16.5. The Balaban J connectivity index is 2.28. The van der Waals surface area contributed by atoms with Gasteiger partial charge in [0.05, 0.1) is 24.1 Å². The molecule has 3 rings (SSSR count). The van der Waals surface area contributed by atoms with Gasteiger partial charge in [-0.1, -0.05) is 5.16 Å². The number of carbonyl (C=O) groups is 2. The minimum atomic E-state index is -1.09. The van der Waals surface area contributed by atoms with E-state index in [1.54, 1.807) is 26.0 Å². The molecule has 1 N–H and O–H groups in total. The maximum Gasteiger partial charge on any atom is 0.411 e. The van der Waals surface area contributed by atoms with Crippen molar-refractivity contribution in [2.24, 2.45) is 0 Å². The van der Waals surface area contributed by atoms with Crippen LogP contribution in [0.3, 0.4) is 0 Å². The third-order valence-electron chi connectivity index (χ3n) is 4.01. The summed E-state index contributed by atoms with van der Waals surface area (Å²) in [5.74, 6) is 0.990. The van der Waals surface area contributed by atoms with Crippen molar-refractivity contribution in [3.05, 3.63) is 29.2 Å². The molecule has 1 aliphatic heterocycles. The molecule has 1 amide bonds. The summed E-state index contributed by atoms with van der Waals surface area (Å²) in [6.45, 7) is 3.72. The van der Waals surface area contributed by atoms with Crippen LogP contribution < -0.4 is 9.64 Å². The number of ketones is 1. The number of fused-ring (bicyclic) bond motifs is 1. The fourth-order valence-electron chi connectivity index (χ4n) is 2.91. The van der Waals surface area contributed by atoms with E-state index in [1.807, 2.05) is 0 Å². The van der Waals surface area contributed by atoms with Gasteiger partial charge in [-0.3, -0.25) is 9.69 Å². The first kappa shape index (κ1) is 15.1. The smallest absolute Gasteiger partial charge is 0.411 e. The van der Waals surface area contributed by atoms with Crippen molar-refractivity contribution in [2.75, 3.05) is 18.6 Å². The Morgan fingerprint density at radius 2 is 2.09 bits per heavy atom. The number of Topliss-reactive ketones (excluding diaryl/α,β-unsaturated/α-hetero) is 1. The summed E-state index contributed by atoms with van der Waals surface area (Å²) < 4.78 is 10.6. The van der Waals surface area contributed by atoms with Gasteiger partial charge in [-0.15, -0.1) is 0 Å². The lowest BCUT2D eigenvalue weighted by Gasteiger charge is -2.27. The molecule has 7 heteroatoms. The first-order chi connectivity index (χ1) is 10.9. The van der Waals surface area contributed by atoms with Crippen LogP contribution in [0.1, 0.15) is 28.2 Å². The monoisotopic (exact) mass is 316 g/mol. The second-order valence-corrected chi connectivity index (χ2v) is 5.38. The molecule has 1 aromatic carbocycles. The fourth-order valence-corrected chi connectivity index (χ4v) is 2.91. The second-order valence-electron chi connectivity index (χ2n) is 5.38. The van der Waals surface area contributed by atoms with E-state index in [2.05, 4.69) is 5.16 Å². The van der Waals surface area contributed by atoms with Crippen LogP contribution in [0.2, 0.25) is 0 Å². The van der Waals surface area contributed by atoms with Crippen LogP contribution in [0.15, 0.2) is 16.7 Å². The Labute approximate surface area is 132 Å². The largest absolute Gasteiger partial charge is 0.496 e. The highest BCUT2D eigenvalue weighted by Gasteiger charge is 2.30. The zero-order valence-electron chi connectivity index (χ0n) is 13.0. The quantitative estimate of drug-likeness (QED) is 0.915. The van der Waals surface area contributed by atoms with Gasteiger partial charge in [0.2, 0.25) is 0 Å². The predicted octanol–water partition coefficient (Wildman–Crippen LogP) is 3.04. The van der Waals surface area contributed by atoms with E-state index in [0.717, 1.165) is 5.56 Å². The number of amides is 1. The van der Waals surface area contributed by atoms with Crippen LogP contribution in [-0.4, -0.2) is 35.8 Å². The molecule has 0 unspecified atom stereocenters. The molecular weight excluding hydrogens is 300 g/mol. The molecular formula is C16H16N2O5. The lowest BCUT2D eigenvalue weighted by molar-refractivity contribution is 0.0980.